The molecule has 1 heterocycles. The maximum atomic E-state index is 5.82. The first-order valence-corrected chi connectivity index (χ1v) is 9.55. The molecule has 2 fully saturated rings. The third kappa shape index (κ3) is 4.64. The Labute approximate surface area is 147 Å². The summed E-state index contributed by atoms with van der Waals surface area (Å²) in [5.74, 6) is 0.815. The van der Waals surface area contributed by atoms with Gasteiger partial charge in [0.25, 0.3) is 0 Å². The van der Waals surface area contributed by atoms with Crippen LogP contribution in [0.2, 0.25) is 0 Å². The average molecular weight is 332 g/mol. The van der Waals surface area contributed by atoms with E-state index in [1.807, 2.05) is 0 Å². The van der Waals surface area contributed by atoms with Crippen molar-refractivity contribution in [3.63, 3.8) is 0 Å². The number of anilines is 2. The second kappa shape index (κ2) is 8.21. The number of hydrogen-bond donors (Lipinski definition) is 2. The van der Waals surface area contributed by atoms with E-state index in [4.69, 9.17) is 4.74 Å². The topological polar surface area (TPSA) is 36.5 Å². The fraction of sp³-hybridized carbons (Fsp3) is 0.700. The highest BCUT2D eigenvalue weighted by molar-refractivity contribution is 5.55. The van der Waals surface area contributed by atoms with Crippen LogP contribution in [0.15, 0.2) is 24.3 Å². The first-order valence-electron chi connectivity index (χ1n) is 9.55. The van der Waals surface area contributed by atoms with Crippen molar-refractivity contribution in [2.45, 2.75) is 57.8 Å². The van der Waals surface area contributed by atoms with Gasteiger partial charge in [0.2, 0.25) is 0 Å². The van der Waals surface area contributed by atoms with Gasteiger partial charge in [0.05, 0.1) is 12.2 Å². The summed E-state index contributed by atoms with van der Waals surface area (Å²) in [5, 5.41) is 7.04. The Hall–Kier alpha value is -1.26. The van der Waals surface area contributed by atoms with E-state index in [0.29, 0.717) is 12.2 Å². The van der Waals surface area contributed by atoms with Crippen LogP contribution in [0.1, 0.15) is 39.5 Å². The standard InChI is InChI=1S/C20H33N3O/c1-15-13-23(14-16(2)24-15)20-10-8-19(9-11-20)22-12-17-4-6-18(21-3)7-5-17/h8-11,15-18,21-22H,4-7,12-14H2,1-3H3. The predicted molar refractivity (Wildman–Crippen MR) is 102 cm³/mol. The summed E-state index contributed by atoms with van der Waals surface area (Å²) < 4.78 is 5.82. The molecular weight excluding hydrogens is 298 g/mol. The summed E-state index contributed by atoms with van der Waals surface area (Å²) in [6, 6.07) is 9.66. The van der Waals surface area contributed by atoms with Crippen molar-refractivity contribution in [2.24, 2.45) is 5.92 Å². The van der Waals surface area contributed by atoms with E-state index in [1.54, 1.807) is 0 Å². The smallest absolute Gasteiger partial charge is 0.0726 e. The van der Waals surface area contributed by atoms with E-state index in [-0.39, 0.29) is 0 Å². The number of hydrogen-bond acceptors (Lipinski definition) is 4. The van der Waals surface area contributed by atoms with Gasteiger partial charge in [0.15, 0.2) is 0 Å². The zero-order chi connectivity index (χ0) is 16.9. The fourth-order valence-corrected chi connectivity index (χ4v) is 4.10. The van der Waals surface area contributed by atoms with Gasteiger partial charge in [0.1, 0.15) is 0 Å². The van der Waals surface area contributed by atoms with Crippen LogP contribution in [-0.4, -0.2) is 44.9 Å². The fourth-order valence-electron chi connectivity index (χ4n) is 4.10. The molecule has 1 aromatic carbocycles. The second-order valence-electron chi connectivity index (χ2n) is 7.60. The van der Waals surface area contributed by atoms with Crippen LogP contribution >= 0.6 is 0 Å². The normalized spacial score (nSPS) is 31.0. The summed E-state index contributed by atoms with van der Waals surface area (Å²) in [5.41, 5.74) is 2.54. The molecule has 0 radical (unpaired) electrons. The van der Waals surface area contributed by atoms with Crippen LogP contribution in [0, 0.1) is 5.92 Å². The van der Waals surface area contributed by atoms with Crippen LogP contribution in [-0.2, 0) is 4.74 Å². The highest BCUT2D eigenvalue weighted by Crippen LogP contribution is 2.26. The van der Waals surface area contributed by atoms with Gasteiger partial charge < -0.3 is 20.3 Å². The van der Waals surface area contributed by atoms with E-state index in [1.165, 1.54) is 37.1 Å². The summed E-state index contributed by atoms with van der Waals surface area (Å²) in [4.78, 5) is 2.43. The minimum absolute atomic E-state index is 0.305. The Morgan fingerprint density at radius 3 is 2.21 bits per heavy atom. The molecule has 2 unspecified atom stereocenters. The maximum Gasteiger partial charge on any atom is 0.0726 e. The third-order valence-corrected chi connectivity index (χ3v) is 5.50. The van der Waals surface area contributed by atoms with Gasteiger partial charge in [-0.2, -0.15) is 0 Å². The zero-order valence-corrected chi connectivity index (χ0v) is 15.4. The SMILES string of the molecule is CNC1CCC(CNc2ccc(N3CC(C)OC(C)C3)cc2)CC1. The molecule has 1 aliphatic carbocycles. The molecule has 1 saturated heterocycles. The van der Waals surface area contributed by atoms with Gasteiger partial charge in [0, 0.05) is 37.1 Å². The molecular formula is C20H33N3O. The first-order chi connectivity index (χ1) is 11.6. The van der Waals surface area contributed by atoms with Crippen molar-refractivity contribution >= 4 is 11.4 Å². The molecule has 0 aromatic heterocycles. The molecule has 1 saturated carbocycles. The average Bonchev–Trinajstić information content (AvgIpc) is 2.60. The van der Waals surface area contributed by atoms with Crippen molar-refractivity contribution < 1.29 is 4.74 Å². The molecule has 4 heteroatoms. The van der Waals surface area contributed by atoms with E-state index in [2.05, 4.69) is 60.7 Å². The Morgan fingerprint density at radius 2 is 1.62 bits per heavy atom. The molecule has 2 N–H and O–H groups in total. The lowest BCUT2D eigenvalue weighted by Gasteiger charge is -2.37. The Kier molecular flexibility index (Phi) is 6.01. The molecule has 4 nitrogen and oxygen atoms in total. The minimum atomic E-state index is 0.305. The number of morpholine rings is 1. The maximum absolute atomic E-state index is 5.82. The van der Waals surface area contributed by atoms with Crippen LogP contribution in [0.25, 0.3) is 0 Å². The summed E-state index contributed by atoms with van der Waals surface area (Å²) >= 11 is 0. The van der Waals surface area contributed by atoms with Gasteiger partial charge in [-0.3, -0.25) is 0 Å². The Balaban J connectivity index is 1.48. The molecule has 0 bridgehead atoms. The third-order valence-electron chi connectivity index (χ3n) is 5.50. The molecule has 2 aliphatic rings. The summed E-state index contributed by atoms with van der Waals surface area (Å²) in [7, 11) is 2.08. The number of ether oxygens (including phenoxy) is 1. The minimum Gasteiger partial charge on any atom is -0.385 e. The molecule has 1 aromatic rings. The second-order valence-corrected chi connectivity index (χ2v) is 7.60. The Morgan fingerprint density at radius 1 is 1.00 bits per heavy atom. The van der Waals surface area contributed by atoms with Crippen LogP contribution in [0.4, 0.5) is 11.4 Å². The molecule has 3 rings (SSSR count). The van der Waals surface area contributed by atoms with Gasteiger partial charge in [-0.15, -0.1) is 0 Å². The lowest BCUT2D eigenvalue weighted by molar-refractivity contribution is -0.00521. The highest BCUT2D eigenvalue weighted by atomic mass is 16.5. The van der Waals surface area contributed by atoms with Crippen LogP contribution in [0.5, 0.6) is 0 Å². The van der Waals surface area contributed by atoms with Gasteiger partial charge in [-0.05, 0) is 76.8 Å². The van der Waals surface area contributed by atoms with Crippen molar-refractivity contribution in [1.82, 2.24) is 5.32 Å². The lowest BCUT2D eigenvalue weighted by atomic mass is 9.86. The number of benzene rings is 1. The predicted octanol–water partition coefficient (Wildman–Crippen LogP) is 3.49. The number of nitrogens with zero attached hydrogens (tertiary/aromatic N) is 1. The first kappa shape index (κ1) is 17.6. The zero-order valence-electron chi connectivity index (χ0n) is 15.4. The van der Waals surface area contributed by atoms with E-state index >= 15 is 0 Å². The van der Waals surface area contributed by atoms with Crippen molar-refractivity contribution in [3.05, 3.63) is 24.3 Å². The van der Waals surface area contributed by atoms with Crippen LogP contribution in [0.3, 0.4) is 0 Å². The lowest BCUT2D eigenvalue weighted by Crippen LogP contribution is -2.45. The van der Waals surface area contributed by atoms with Gasteiger partial charge >= 0.3 is 0 Å². The van der Waals surface area contributed by atoms with Crippen molar-refractivity contribution in [2.75, 3.05) is 36.9 Å². The van der Waals surface area contributed by atoms with Crippen molar-refractivity contribution in [3.8, 4) is 0 Å². The molecule has 134 valence electrons. The van der Waals surface area contributed by atoms with Gasteiger partial charge in [-0.25, -0.2) is 0 Å². The molecule has 1 aliphatic heterocycles. The van der Waals surface area contributed by atoms with E-state index in [9.17, 15) is 0 Å². The number of nitrogens with one attached hydrogen (secondary N) is 2. The Bertz CT molecular complexity index is 486. The van der Waals surface area contributed by atoms with Crippen molar-refractivity contribution in [1.29, 1.82) is 0 Å². The quantitative estimate of drug-likeness (QED) is 0.866. The molecule has 2 atom stereocenters. The largest absolute Gasteiger partial charge is 0.385 e. The van der Waals surface area contributed by atoms with E-state index < -0.39 is 0 Å². The van der Waals surface area contributed by atoms with Gasteiger partial charge in [-0.1, -0.05) is 0 Å². The summed E-state index contributed by atoms with van der Waals surface area (Å²) in [6.07, 6.45) is 5.91. The summed E-state index contributed by atoms with van der Waals surface area (Å²) in [6.45, 7) is 7.36. The molecule has 24 heavy (non-hydrogen) atoms. The molecule has 0 amide bonds. The monoisotopic (exact) mass is 331 g/mol. The highest BCUT2D eigenvalue weighted by Gasteiger charge is 2.22. The molecule has 0 spiro atoms. The van der Waals surface area contributed by atoms with Crippen LogP contribution < -0.4 is 15.5 Å². The van der Waals surface area contributed by atoms with E-state index in [0.717, 1.165) is 31.6 Å². The number of rotatable bonds is 5.